The Morgan fingerprint density at radius 3 is 2.69 bits per heavy atom. The van der Waals surface area contributed by atoms with E-state index >= 15 is 0 Å². The lowest BCUT2D eigenvalue weighted by atomic mass is 10.2. The molecule has 0 radical (unpaired) electrons. The highest BCUT2D eigenvalue weighted by Crippen LogP contribution is 2.29. The van der Waals surface area contributed by atoms with E-state index in [1.54, 1.807) is 30.0 Å². The highest BCUT2D eigenvalue weighted by molar-refractivity contribution is 5.94. The summed E-state index contributed by atoms with van der Waals surface area (Å²) in [6, 6.07) is 13.8. The van der Waals surface area contributed by atoms with Crippen LogP contribution in [0.3, 0.4) is 0 Å². The van der Waals surface area contributed by atoms with Crippen LogP contribution < -0.4 is 14.8 Å². The molecule has 150 valence electrons. The Kier molecular flexibility index (Phi) is 5.46. The summed E-state index contributed by atoms with van der Waals surface area (Å²) < 4.78 is 26.7. The number of para-hydroxylation sites is 3. The molecule has 0 unspecified atom stereocenters. The van der Waals surface area contributed by atoms with E-state index in [0.717, 1.165) is 30.5 Å². The molecule has 0 spiro atoms. The summed E-state index contributed by atoms with van der Waals surface area (Å²) in [5.74, 6) is 0.623. The molecule has 0 atom stereocenters. The second kappa shape index (κ2) is 8.34. The highest BCUT2D eigenvalue weighted by atomic mass is 19.1. The number of methoxy groups -OCH3 is 1. The van der Waals surface area contributed by atoms with E-state index in [4.69, 9.17) is 9.47 Å². The molecule has 1 heterocycles. The SMILES string of the molecule is COc1ccccc1OCCNC(=O)c1nn(-c2ccccc2F)c2c1CCC2. The van der Waals surface area contributed by atoms with E-state index < -0.39 is 0 Å². The molecule has 1 aliphatic rings. The van der Waals surface area contributed by atoms with Crippen LogP contribution in [-0.2, 0) is 12.8 Å². The molecule has 0 saturated heterocycles. The van der Waals surface area contributed by atoms with Gasteiger partial charge in [0.15, 0.2) is 17.2 Å². The number of nitrogens with one attached hydrogen (secondary N) is 1. The summed E-state index contributed by atoms with van der Waals surface area (Å²) in [6.07, 6.45) is 2.48. The highest BCUT2D eigenvalue weighted by Gasteiger charge is 2.27. The number of aromatic nitrogens is 2. The van der Waals surface area contributed by atoms with E-state index in [1.165, 1.54) is 6.07 Å². The van der Waals surface area contributed by atoms with Gasteiger partial charge in [0.05, 0.1) is 13.7 Å². The first-order valence-corrected chi connectivity index (χ1v) is 9.58. The van der Waals surface area contributed by atoms with Crippen molar-refractivity contribution in [1.29, 1.82) is 0 Å². The van der Waals surface area contributed by atoms with Gasteiger partial charge in [-0.3, -0.25) is 4.79 Å². The van der Waals surface area contributed by atoms with Crippen molar-refractivity contribution >= 4 is 5.91 Å². The van der Waals surface area contributed by atoms with Crippen LogP contribution in [0.1, 0.15) is 28.2 Å². The molecule has 0 aliphatic heterocycles. The van der Waals surface area contributed by atoms with Crippen molar-refractivity contribution in [3.05, 3.63) is 71.3 Å². The number of amides is 1. The van der Waals surface area contributed by atoms with E-state index in [2.05, 4.69) is 10.4 Å². The smallest absolute Gasteiger partial charge is 0.272 e. The van der Waals surface area contributed by atoms with Crippen molar-refractivity contribution in [3.63, 3.8) is 0 Å². The molecule has 0 saturated carbocycles. The van der Waals surface area contributed by atoms with Crippen LogP contribution in [-0.4, -0.2) is 35.9 Å². The maximum Gasteiger partial charge on any atom is 0.272 e. The molecule has 1 aromatic heterocycles. The molecule has 1 aliphatic carbocycles. The molecule has 0 fully saturated rings. The van der Waals surface area contributed by atoms with E-state index in [1.807, 2.05) is 24.3 Å². The zero-order valence-corrected chi connectivity index (χ0v) is 16.2. The molecule has 1 amide bonds. The Hall–Kier alpha value is -3.35. The fraction of sp³-hybridized carbons (Fsp3) is 0.273. The Bertz CT molecular complexity index is 1030. The maximum absolute atomic E-state index is 14.2. The maximum atomic E-state index is 14.2. The normalized spacial score (nSPS) is 12.5. The number of ether oxygens (including phenoxy) is 2. The van der Waals surface area contributed by atoms with Crippen LogP contribution in [0.4, 0.5) is 4.39 Å². The number of fused-ring (bicyclic) bond motifs is 1. The summed E-state index contributed by atoms with van der Waals surface area (Å²) in [5.41, 5.74) is 2.53. The molecule has 7 heteroatoms. The van der Waals surface area contributed by atoms with Gasteiger partial charge in [-0.25, -0.2) is 9.07 Å². The lowest BCUT2D eigenvalue weighted by molar-refractivity contribution is 0.0940. The molecule has 1 N–H and O–H groups in total. The Morgan fingerprint density at radius 1 is 1.14 bits per heavy atom. The first-order valence-electron chi connectivity index (χ1n) is 9.58. The lowest BCUT2D eigenvalue weighted by Gasteiger charge is -2.10. The van der Waals surface area contributed by atoms with Crippen molar-refractivity contribution in [3.8, 4) is 17.2 Å². The molecular formula is C22H22FN3O3. The third-order valence-electron chi connectivity index (χ3n) is 4.94. The second-order valence-corrected chi connectivity index (χ2v) is 6.75. The van der Waals surface area contributed by atoms with Crippen LogP contribution in [0, 0.1) is 5.82 Å². The van der Waals surface area contributed by atoms with Gasteiger partial charge in [0.25, 0.3) is 5.91 Å². The number of halogens is 1. The number of nitrogens with zero attached hydrogens (tertiary/aromatic N) is 2. The van der Waals surface area contributed by atoms with Gasteiger partial charge >= 0.3 is 0 Å². The minimum atomic E-state index is -0.359. The summed E-state index contributed by atoms with van der Waals surface area (Å²) >= 11 is 0. The van der Waals surface area contributed by atoms with Crippen molar-refractivity contribution in [2.24, 2.45) is 0 Å². The van der Waals surface area contributed by atoms with E-state index in [-0.39, 0.29) is 11.7 Å². The fourth-order valence-corrected chi connectivity index (χ4v) is 3.59. The van der Waals surface area contributed by atoms with Gasteiger partial charge in [0, 0.05) is 11.3 Å². The van der Waals surface area contributed by atoms with Crippen LogP contribution in [0.25, 0.3) is 5.69 Å². The van der Waals surface area contributed by atoms with Gasteiger partial charge in [0.2, 0.25) is 0 Å². The van der Waals surface area contributed by atoms with Crippen molar-refractivity contribution in [2.45, 2.75) is 19.3 Å². The fourth-order valence-electron chi connectivity index (χ4n) is 3.59. The van der Waals surface area contributed by atoms with Crippen LogP contribution in [0.5, 0.6) is 11.5 Å². The Balaban J connectivity index is 1.44. The van der Waals surface area contributed by atoms with Gasteiger partial charge in [-0.15, -0.1) is 0 Å². The quantitative estimate of drug-likeness (QED) is 0.624. The monoisotopic (exact) mass is 395 g/mol. The molecule has 2 aromatic carbocycles. The second-order valence-electron chi connectivity index (χ2n) is 6.75. The van der Waals surface area contributed by atoms with Crippen molar-refractivity contribution in [1.82, 2.24) is 15.1 Å². The van der Waals surface area contributed by atoms with Crippen molar-refractivity contribution in [2.75, 3.05) is 20.3 Å². The first kappa shape index (κ1) is 19.0. The molecule has 0 bridgehead atoms. The summed E-state index contributed by atoms with van der Waals surface area (Å²) in [6.45, 7) is 0.612. The van der Waals surface area contributed by atoms with Crippen LogP contribution in [0.2, 0.25) is 0 Å². The van der Waals surface area contributed by atoms with Crippen molar-refractivity contribution < 1.29 is 18.7 Å². The number of rotatable bonds is 7. The minimum Gasteiger partial charge on any atom is -0.493 e. The summed E-state index contributed by atoms with van der Waals surface area (Å²) in [5, 5.41) is 7.27. The van der Waals surface area contributed by atoms with Gasteiger partial charge in [-0.2, -0.15) is 5.10 Å². The number of hydrogen-bond donors (Lipinski definition) is 1. The van der Waals surface area contributed by atoms with Crippen LogP contribution >= 0.6 is 0 Å². The molecule has 4 rings (SSSR count). The predicted molar refractivity (Wildman–Crippen MR) is 106 cm³/mol. The number of carbonyl (C=O) groups excluding carboxylic acids is 1. The summed E-state index contributed by atoms with van der Waals surface area (Å²) in [7, 11) is 1.58. The molecule has 29 heavy (non-hydrogen) atoms. The third-order valence-corrected chi connectivity index (χ3v) is 4.94. The van der Waals surface area contributed by atoms with E-state index in [0.29, 0.717) is 36.0 Å². The average Bonchev–Trinajstić information content (AvgIpc) is 3.35. The number of benzene rings is 2. The van der Waals surface area contributed by atoms with Gasteiger partial charge < -0.3 is 14.8 Å². The Labute approximate surface area is 168 Å². The van der Waals surface area contributed by atoms with Gasteiger partial charge in [-0.1, -0.05) is 24.3 Å². The topological polar surface area (TPSA) is 65.4 Å². The van der Waals surface area contributed by atoms with Gasteiger partial charge in [0.1, 0.15) is 18.1 Å². The third kappa shape index (κ3) is 3.81. The zero-order chi connectivity index (χ0) is 20.2. The number of hydrogen-bond acceptors (Lipinski definition) is 4. The average molecular weight is 395 g/mol. The Morgan fingerprint density at radius 2 is 1.90 bits per heavy atom. The molecular weight excluding hydrogens is 373 g/mol. The zero-order valence-electron chi connectivity index (χ0n) is 16.2. The molecule has 3 aromatic rings. The van der Waals surface area contributed by atoms with E-state index in [9.17, 15) is 9.18 Å². The first-order chi connectivity index (χ1) is 14.2. The standard InChI is InChI=1S/C22H22FN3O3/c1-28-19-11-4-5-12-20(19)29-14-13-24-22(27)21-15-7-6-10-17(15)26(25-21)18-9-3-2-8-16(18)23/h2-5,8-9,11-12H,6-7,10,13-14H2,1H3,(H,24,27). The predicted octanol–water partition coefficient (Wildman–Crippen LogP) is 3.32. The largest absolute Gasteiger partial charge is 0.493 e. The van der Waals surface area contributed by atoms with Crippen LogP contribution in [0.15, 0.2) is 48.5 Å². The summed E-state index contributed by atoms with van der Waals surface area (Å²) in [4.78, 5) is 12.7. The van der Waals surface area contributed by atoms with Gasteiger partial charge in [-0.05, 0) is 43.5 Å². The number of carbonyl (C=O) groups is 1. The lowest BCUT2D eigenvalue weighted by Crippen LogP contribution is -2.29. The minimum absolute atomic E-state index is 0.276. The molecule has 6 nitrogen and oxygen atoms in total.